The molecule has 0 atom stereocenters. The highest BCUT2D eigenvalue weighted by molar-refractivity contribution is 5.87. The maximum absolute atomic E-state index is 5.54. The van der Waals surface area contributed by atoms with Gasteiger partial charge in [0.1, 0.15) is 5.82 Å². The van der Waals surface area contributed by atoms with Crippen molar-refractivity contribution in [1.29, 1.82) is 0 Å². The van der Waals surface area contributed by atoms with Crippen molar-refractivity contribution in [2.45, 2.75) is 25.7 Å². The summed E-state index contributed by atoms with van der Waals surface area (Å²) in [6, 6.07) is 0. The van der Waals surface area contributed by atoms with Gasteiger partial charge in [-0.15, -0.1) is 0 Å². The van der Waals surface area contributed by atoms with E-state index in [1.54, 1.807) is 0 Å². The molecule has 2 aliphatic rings. The van der Waals surface area contributed by atoms with Crippen molar-refractivity contribution in [2.75, 3.05) is 13.1 Å². The SMILES string of the molecule is NCCC1=NC2=C(C=CC1)CCCN2. The zero-order valence-electron chi connectivity index (χ0n) is 8.42. The van der Waals surface area contributed by atoms with Crippen LogP contribution in [0.3, 0.4) is 0 Å². The molecular weight excluding hydrogens is 174 g/mol. The van der Waals surface area contributed by atoms with Gasteiger partial charge in [0.05, 0.1) is 0 Å². The summed E-state index contributed by atoms with van der Waals surface area (Å²) in [5.74, 6) is 1.08. The van der Waals surface area contributed by atoms with Gasteiger partial charge in [-0.1, -0.05) is 12.2 Å². The first-order valence-electron chi connectivity index (χ1n) is 5.30. The van der Waals surface area contributed by atoms with Crippen molar-refractivity contribution in [3.8, 4) is 0 Å². The number of nitrogens with zero attached hydrogens (tertiary/aromatic N) is 1. The van der Waals surface area contributed by atoms with Crippen LogP contribution in [0.1, 0.15) is 25.7 Å². The van der Waals surface area contributed by atoms with E-state index in [1.807, 2.05) is 0 Å². The highest BCUT2D eigenvalue weighted by Crippen LogP contribution is 2.20. The molecule has 3 nitrogen and oxygen atoms in total. The molecule has 0 fully saturated rings. The second kappa shape index (κ2) is 4.42. The first-order valence-corrected chi connectivity index (χ1v) is 5.30. The Balaban J connectivity index is 2.21. The number of hydrogen-bond donors (Lipinski definition) is 2. The minimum absolute atomic E-state index is 0.690. The zero-order valence-corrected chi connectivity index (χ0v) is 8.42. The predicted octanol–water partition coefficient (Wildman–Crippen LogP) is 1.33. The van der Waals surface area contributed by atoms with Crippen molar-refractivity contribution in [3.63, 3.8) is 0 Å². The normalized spacial score (nSPS) is 21.1. The fourth-order valence-corrected chi connectivity index (χ4v) is 1.86. The van der Waals surface area contributed by atoms with Gasteiger partial charge in [-0.3, -0.25) is 0 Å². The van der Waals surface area contributed by atoms with E-state index in [0.29, 0.717) is 6.54 Å². The number of rotatable bonds is 2. The molecule has 2 aliphatic heterocycles. The molecule has 2 rings (SSSR count). The fourth-order valence-electron chi connectivity index (χ4n) is 1.86. The van der Waals surface area contributed by atoms with Crippen molar-refractivity contribution in [1.82, 2.24) is 5.32 Å². The van der Waals surface area contributed by atoms with E-state index in [-0.39, 0.29) is 0 Å². The first kappa shape index (κ1) is 9.46. The van der Waals surface area contributed by atoms with Crippen LogP contribution in [-0.2, 0) is 0 Å². The molecule has 0 aliphatic carbocycles. The lowest BCUT2D eigenvalue weighted by Gasteiger charge is -2.16. The monoisotopic (exact) mass is 191 g/mol. The van der Waals surface area contributed by atoms with Gasteiger partial charge >= 0.3 is 0 Å². The van der Waals surface area contributed by atoms with Gasteiger partial charge in [-0.2, -0.15) is 0 Å². The van der Waals surface area contributed by atoms with Crippen molar-refractivity contribution >= 4 is 5.71 Å². The molecule has 3 heteroatoms. The maximum Gasteiger partial charge on any atom is 0.129 e. The second-order valence-electron chi connectivity index (χ2n) is 3.73. The van der Waals surface area contributed by atoms with Crippen LogP contribution in [0, 0.1) is 0 Å². The van der Waals surface area contributed by atoms with Gasteiger partial charge in [-0.25, -0.2) is 4.99 Å². The summed E-state index contributed by atoms with van der Waals surface area (Å²) in [5.41, 5.74) is 8.08. The second-order valence-corrected chi connectivity index (χ2v) is 3.73. The minimum atomic E-state index is 0.690. The topological polar surface area (TPSA) is 50.4 Å². The molecule has 2 heterocycles. The highest BCUT2D eigenvalue weighted by Gasteiger charge is 2.12. The smallest absolute Gasteiger partial charge is 0.129 e. The van der Waals surface area contributed by atoms with Gasteiger partial charge in [0.2, 0.25) is 0 Å². The Labute approximate surface area is 84.8 Å². The number of allylic oxidation sites excluding steroid dienone is 3. The Kier molecular flexibility index (Phi) is 2.99. The third kappa shape index (κ3) is 2.04. The number of nitrogens with one attached hydrogen (secondary N) is 1. The molecule has 0 radical (unpaired) electrons. The van der Waals surface area contributed by atoms with Gasteiger partial charge in [0.25, 0.3) is 0 Å². The summed E-state index contributed by atoms with van der Waals surface area (Å²) < 4.78 is 0. The first-order chi connectivity index (χ1) is 6.90. The molecule has 0 aromatic rings. The number of aliphatic imine (C=N–C) groups is 1. The Bertz CT molecular complexity index is 300. The summed E-state index contributed by atoms with van der Waals surface area (Å²) in [6.07, 6.45) is 8.62. The molecule has 0 saturated heterocycles. The third-order valence-corrected chi connectivity index (χ3v) is 2.59. The maximum atomic E-state index is 5.54. The molecule has 0 aromatic heterocycles. The average molecular weight is 191 g/mol. The lowest BCUT2D eigenvalue weighted by Crippen LogP contribution is -2.20. The van der Waals surface area contributed by atoms with Crippen LogP contribution < -0.4 is 11.1 Å². The standard InChI is InChI=1S/C11H17N3/c12-7-6-10-5-1-3-9-4-2-8-13-11(9)14-10/h1,3,13H,2,4-8,12H2. The van der Waals surface area contributed by atoms with E-state index in [1.165, 1.54) is 17.7 Å². The fraction of sp³-hybridized carbons (Fsp3) is 0.545. The summed E-state index contributed by atoms with van der Waals surface area (Å²) in [7, 11) is 0. The Morgan fingerprint density at radius 2 is 2.43 bits per heavy atom. The predicted molar refractivity (Wildman–Crippen MR) is 59.1 cm³/mol. The van der Waals surface area contributed by atoms with Crippen molar-refractivity contribution < 1.29 is 0 Å². The van der Waals surface area contributed by atoms with Gasteiger partial charge in [0, 0.05) is 18.7 Å². The van der Waals surface area contributed by atoms with Crippen molar-refractivity contribution in [3.05, 3.63) is 23.5 Å². The van der Waals surface area contributed by atoms with Crippen LogP contribution in [0.5, 0.6) is 0 Å². The molecule has 3 N–H and O–H groups in total. The minimum Gasteiger partial charge on any atom is -0.370 e. The third-order valence-electron chi connectivity index (χ3n) is 2.59. The zero-order chi connectivity index (χ0) is 9.80. The molecule has 0 unspecified atom stereocenters. The molecule has 14 heavy (non-hydrogen) atoms. The lowest BCUT2D eigenvalue weighted by molar-refractivity contribution is 0.665. The average Bonchev–Trinajstić information content (AvgIpc) is 2.40. The summed E-state index contributed by atoms with van der Waals surface area (Å²) in [5, 5.41) is 3.35. The Hall–Kier alpha value is -1.09. The molecular formula is C11H17N3. The quantitative estimate of drug-likeness (QED) is 0.692. The van der Waals surface area contributed by atoms with E-state index >= 15 is 0 Å². The lowest BCUT2D eigenvalue weighted by atomic mass is 10.1. The molecule has 0 spiro atoms. The van der Waals surface area contributed by atoms with Gasteiger partial charge in [-0.05, 0) is 31.4 Å². The van der Waals surface area contributed by atoms with Crippen LogP contribution in [0.15, 0.2) is 28.5 Å². The largest absolute Gasteiger partial charge is 0.370 e. The number of hydrogen-bond acceptors (Lipinski definition) is 3. The molecule has 0 saturated carbocycles. The summed E-state index contributed by atoms with van der Waals surface area (Å²) in [4.78, 5) is 4.63. The molecule has 0 amide bonds. The summed E-state index contributed by atoms with van der Waals surface area (Å²) >= 11 is 0. The summed E-state index contributed by atoms with van der Waals surface area (Å²) in [6.45, 7) is 1.74. The highest BCUT2D eigenvalue weighted by atomic mass is 15.0. The Morgan fingerprint density at radius 3 is 3.29 bits per heavy atom. The van der Waals surface area contributed by atoms with Crippen LogP contribution >= 0.6 is 0 Å². The Morgan fingerprint density at radius 1 is 1.50 bits per heavy atom. The van der Waals surface area contributed by atoms with Crippen LogP contribution in [0.25, 0.3) is 0 Å². The van der Waals surface area contributed by atoms with Crippen LogP contribution in [0.4, 0.5) is 0 Å². The van der Waals surface area contributed by atoms with E-state index in [2.05, 4.69) is 22.5 Å². The van der Waals surface area contributed by atoms with Gasteiger partial charge < -0.3 is 11.1 Å². The van der Waals surface area contributed by atoms with Gasteiger partial charge in [0.15, 0.2) is 0 Å². The van der Waals surface area contributed by atoms with E-state index in [4.69, 9.17) is 5.73 Å². The molecule has 0 aromatic carbocycles. The van der Waals surface area contributed by atoms with E-state index in [9.17, 15) is 0 Å². The molecule has 76 valence electrons. The van der Waals surface area contributed by atoms with E-state index in [0.717, 1.165) is 31.6 Å². The van der Waals surface area contributed by atoms with Crippen LogP contribution in [0.2, 0.25) is 0 Å². The van der Waals surface area contributed by atoms with Crippen molar-refractivity contribution in [2.24, 2.45) is 10.7 Å². The van der Waals surface area contributed by atoms with Crippen LogP contribution in [-0.4, -0.2) is 18.8 Å². The van der Waals surface area contributed by atoms with E-state index < -0.39 is 0 Å². The molecule has 0 bridgehead atoms. The number of nitrogens with two attached hydrogens (primary N) is 1.